The monoisotopic (exact) mass is 505 g/mol. The van der Waals surface area contributed by atoms with Gasteiger partial charge in [-0.25, -0.2) is 0 Å². The summed E-state index contributed by atoms with van der Waals surface area (Å²) in [7, 11) is 1.69. The van der Waals surface area contributed by atoms with Crippen molar-refractivity contribution >= 4 is 27.7 Å². The lowest BCUT2D eigenvalue weighted by Crippen LogP contribution is -2.19. The molecule has 4 heteroatoms. The maximum absolute atomic E-state index is 9.96. The molecule has 180 valence electrons. The Hall–Kier alpha value is -1.49. The summed E-state index contributed by atoms with van der Waals surface area (Å²) in [6.07, 6.45) is 7.37. The summed E-state index contributed by atoms with van der Waals surface area (Å²) in [4.78, 5) is 4.57. The van der Waals surface area contributed by atoms with Gasteiger partial charge >= 0.3 is 0 Å². The van der Waals surface area contributed by atoms with Crippen molar-refractivity contribution in [2.45, 2.75) is 74.3 Å². The Morgan fingerprint density at radius 3 is 2.31 bits per heavy atom. The van der Waals surface area contributed by atoms with Crippen LogP contribution in [0.3, 0.4) is 0 Å². The zero-order valence-electron chi connectivity index (χ0n) is 21.6. The molecule has 0 aromatic heterocycles. The van der Waals surface area contributed by atoms with Gasteiger partial charge in [0.1, 0.15) is 0 Å². The average Bonchev–Trinajstić information content (AvgIpc) is 2.74. The number of rotatable bonds is 10. The van der Waals surface area contributed by atoms with Gasteiger partial charge in [0.2, 0.25) is 0 Å². The molecule has 0 bridgehead atoms. The highest BCUT2D eigenvalue weighted by atomic mass is 79.9. The number of allylic oxidation sites excluding steroid dienone is 4. The van der Waals surface area contributed by atoms with Gasteiger partial charge < -0.3 is 9.84 Å². The van der Waals surface area contributed by atoms with E-state index in [1.807, 2.05) is 6.92 Å². The molecule has 0 heterocycles. The second-order valence-electron chi connectivity index (χ2n) is 9.22. The van der Waals surface area contributed by atoms with E-state index < -0.39 is 0 Å². The molecule has 1 N–H and O–H groups in total. The number of aliphatic hydroxyl groups is 1. The van der Waals surface area contributed by atoms with E-state index in [2.05, 4.69) is 100 Å². The molecule has 1 aromatic carbocycles. The lowest BCUT2D eigenvalue weighted by molar-refractivity contribution is 0.146. The Morgan fingerprint density at radius 2 is 1.84 bits per heavy atom. The fourth-order valence-electron chi connectivity index (χ4n) is 3.09. The number of aryl methyl sites for hydroxylation is 1. The van der Waals surface area contributed by atoms with Crippen molar-refractivity contribution in [3.05, 3.63) is 63.8 Å². The van der Waals surface area contributed by atoms with Crippen molar-refractivity contribution in [3.63, 3.8) is 0 Å². The van der Waals surface area contributed by atoms with Crippen LogP contribution in [0.15, 0.2) is 57.7 Å². The van der Waals surface area contributed by atoms with Crippen LogP contribution in [0.5, 0.6) is 0 Å². The van der Waals surface area contributed by atoms with Crippen LogP contribution in [0.25, 0.3) is 5.57 Å². The van der Waals surface area contributed by atoms with Crippen LogP contribution < -0.4 is 0 Å². The zero-order valence-corrected chi connectivity index (χ0v) is 23.2. The van der Waals surface area contributed by atoms with Crippen molar-refractivity contribution in [1.82, 2.24) is 0 Å². The number of benzene rings is 1. The molecule has 0 aliphatic carbocycles. The lowest BCUT2D eigenvalue weighted by Gasteiger charge is -2.28. The van der Waals surface area contributed by atoms with Crippen LogP contribution in [0.2, 0.25) is 0 Å². The van der Waals surface area contributed by atoms with Gasteiger partial charge in [-0.15, -0.1) is 0 Å². The summed E-state index contributed by atoms with van der Waals surface area (Å²) >= 11 is 3.63. The molecule has 3 nitrogen and oxygen atoms in total. The molecule has 0 spiro atoms. The molecular weight excluding hydrogens is 462 g/mol. The third-order valence-corrected chi connectivity index (χ3v) is 5.47. The minimum absolute atomic E-state index is 0.120. The molecule has 1 unspecified atom stereocenters. The van der Waals surface area contributed by atoms with Gasteiger partial charge in [0, 0.05) is 24.4 Å². The molecule has 1 aromatic rings. The Labute approximate surface area is 205 Å². The van der Waals surface area contributed by atoms with Crippen molar-refractivity contribution in [2.75, 3.05) is 13.7 Å². The molecule has 1 rings (SSSR count). The van der Waals surface area contributed by atoms with Gasteiger partial charge in [-0.1, -0.05) is 82.6 Å². The smallest absolute Gasteiger partial charge is 0.0962 e. The van der Waals surface area contributed by atoms with Crippen molar-refractivity contribution in [3.8, 4) is 0 Å². The SMILES string of the molecule is C=CC=N/C(=C/C(=C(\CC(C)(C)CO)c1cc(Br)ccc1C)C(C)C)C(C)OC.CCC. The first-order chi connectivity index (χ1) is 15.0. The molecule has 1 atom stereocenters. The Bertz CT molecular complexity index is 804. The van der Waals surface area contributed by atoms with Crippen LogP contribution in [0.4, 0.5) is 0 Å². The van der Waals surface area contributed by atoms with Gasteiger partial charge in [-0.05, 0) is 72.1 Å². The zero-order chi connectivity index (χ0) is 24.9. The molecule has 0 saturated carbocycles. The number of hydrogen-bond acceptors (Lipinski definition) is 3. The second-order valence-corrected chi connectivity index (χ2v) is 10.1. The van der Waals surface area contributed by atoms with Crippen molar-refractivity contribution < 1.29 is 9.84 Å². The van der Waals surface area contributed by atoms with E-state index >= 15 is 0 Å². The van der Waals surface area contributed by atoms with E-state index in [1.165, 1.54) is 28.7 Å². The van der Waals surface area contributed by atoms with Gasteiger partial charge in [-0.2, -0.15) is 0 Å². The normalized spacial score (nSPS) is 14.2. The molecule has 0 radical (unpaired) electrons. The minimum atomic E-state index is -0.241. The van der Waals surface area contributed by atoms with E-state index in [9.17, 15) is 5.11 Å². The summed E-state index contributed by atoms with van der Waals surface area (Å²) in [6.45, 7) is 20.8. The maximum atomic E-state index is 9.96. The van der Waals surface area contributed by atoms with E-state index in [0.29, 0.717) is 0 Å². The fourth-order valence-corrected chi connectivity index (χ4v) is 3.45. The highest BCUT2D eigenvalue weighted by Crippen LogP contribution is 2.38. The number of hydrogen-bond donors (Lipinski definition) is 1. The highest BCUT2D eigenvalue weighted by Gasteiger charge is 2.24. The van der Waals surface area contributed by atoms with Gasteiger partial charge in [0.05, 0.1) is 11.8 Å². The number of methoxy groups -OCH3 is 1. The molecular formula is C28H44BrNO2. The molecule has 0 saturated heterocycles. The third-order valence-electron chi connectivity index (χ3n) is 4.98. The van der Waals surface area contributed by atoms with Crippen LogP contribution in [0.1, 0.15) is 72.4 Å². The molecule has 0 fully saturated rings. The van der Waals surface area contributed by atoms with E-state index in [0.717, 1.165) is 16.6 Å². The summed E-state index contributed by atoms with van der Waals surface area (Å²) in [5.41, 5.74) is 5.44. The number of halogens is 1. The number of ether oxygens (including phenoxy) is 1. The quantitative estimate of drug-likeness (QED) is 0.257. The van der Waals surface area contributed by atoms with Gasteiger partial charge in [0.15, 0.2) is 0 Å². The predicted octanol–water partition coefficient (Wildman–Crippen LogP) is 8.17. The van der Waals surface area contributed by atoms with Crippen molar-refractivity contribution in [1.29, 1.82) is 0 Å². The predicted molar refractivity (Wildman–Crippen MR) is 145 cm³/mol. The first-order valence-corrected chi connectivity index (χ1v) is 12.3. The first kappa shape index (κ1) is 30.5. The molecule has 0 aliphatic heterocycles. The topological polar surface area (TPSA) is 41.8 Å². The van der Waals surface area contributed by atoms with Gasteiger partial charge in [0.25, 0.3) is 0 Å². The standard InChI is InChI=1S/C25H36BrNO2.C3H8/c1-9-12-27-24(19(5)29-8)14-21(17(2)3)23(15-25(6,7)16-28)22-13-20(26)11-10-18(22)4;1-3-2/h9-14,17,19,28H,1,15-16H2,2-8H3;3H2,1-2H3/b23-21-,24-14+,27-12?;. The lowest BCUT2D eigenvalue weighted by atomic mass is 9.79. The maximum Gasteiger partial charge on any atom is 0.0962 e. The van der Waals surface area contributed by atoms with E-state index in [1.54, 1.807) is 19.4 Å². The number of aliphatic hydroxyl groups excluding tert-OH is 1. The minimum Gasteiger partial charge on any atom is -0.396 e. The Kier molecular flexibility index (Phi) is 14.7. The first-order valence-electron chi connectivity index (χ1n) is 11.5. The number of nitrogens with zero attached hydrogens (tertiary/aromatic N) is 1. The average molecular weight is 507 g/mol. The summed E-state index contributed by atoms with van der Waals surface area (Å²) < 4.78 is 6.60. The highest BCUT2D eigenvalue weighted by molar-refractivity contribution is 9.10. The van der Waals surface area contributed by atoms with Crippen LogP contribution in [-0.2, 0) is 4.74 Å². The van der Waals surface area contributed by atoms with Gasteiger partial charge in [-0.3, -0.25) is 4.99 Å². The Morgan fingerprint density at radius 1 is 1.25 bits per heavy atom. The number of aliphatic imine (C=N–C) groups is 1. The largest absolute Gasteiger partial charge is 0.396 e. The summed E-state index contributed by atoms with van der Waals surface area (Å²) in [5, 5.41) is 9.96. The van der Waals surface area contributed by atoms with Crippen LogP contribution in [-0.4, -0.2) is 31.1 Å². The third kappa shape index (κ3) is 10.4. The van der Waals surface area contributed by atoms with Crippen molar-refractivity contribution in [2.24, 2.45) is 16.3 Å². The van der Waals surface area contributed by atoms with E-state index in [4.69, 9.17) is 4.74 Å². The molecule has 0 amide bonds. The van der Waals surface area contributed by atoms with E-state index in [-0.39, 0.29) is 24.0 Å². The van der Waals surface area contributed by atoms with Crippen LogP contribution in [0, 0.1) is 18.3 Å². The summed E-state index contributed by atoms with van der Waals surface area (Å²) in [5.74, 6) is 0.274. The second kappa shape index (κ2) is 15.4. The Balaban J connectivity index is 0.00000302. The van der Waals surface area contributed by atoms with Crippen LogP contribution >= 0.6 is 15.9 Å². The summed E-state index contributed by atoms with van der Waals surface area (Å²) in [6, 6.07) is 6.35. The molecule has 0 aliphatic rings. The fraction of sp³-hybridized carbons (Fsp3) is 0.536. The molecule has 32 heavy (non-hydrogen) atoms.